The number of piperidine rings is 1. The molecule has 2 N–H and O–H groups in total. The van der Waals surface area contributed by atoms with Gasteiger partial charge in [-0.25, -0.2) is 0 Å². The second-order valence-corrected chi connectivity index (χ2v) is 6.02. The summed E-state index contributed by atoms with van der Waals surface area (Å²) in [6.45, 7) is 8.25. The summed E-state index contributed by atoms with van der Waals surface area (Å²) >= 11 is 0. The fourth-order valence-electron chi connectivity index (χ4n) is 2.69. The van der Waals surface area contributed by atoms with E-state index < -0.39 is 0 Å². The van der Waals surface area contributed by atoms with E-state index in [1.54, 1.807) is 6.92 Å². The normalized spacial score (nSPS) is 18.7. The van der Waals surface area contributed by atoms with Crippen molar-refractivity contribution in [2.45, 2.75) is 33.6 Å². The Labute approximate surface area is 109 Å². The molecule has 0 aliphatic carbocycles. The minimum atomic E-state index is 0.0330. The number of Topliss-reactive ketones (excluding diaryl/α,β-unsaturated/α-hetero) is 1. The lowest BCUT2D eigenvalue weighted by Crippen LogP contribution is -2.40. The lowest BCUT2D eigenvalue weighted by atomic mass is 9.84. The number of anilines is 2. The summed E-state index contributed by atoms with van der Waals surface area (Å²) in [4.78, 5) is 13.9. The molecule has 0 atom stereocenters. The van der Waals surface area contributed by atoms with Crippen molar-refractivity contribution in [2.24, 2.45) is 5.41 Å². The molecule has 1 aliphatic heterocycles. The number of carbonyl (C=O) groups excluding carboxylic acids is 1. The number of carbonyl (C=O) groups is 1. The summed E-state index contributed by atoms with van der Waals surface area (Å²) in [5, 5.41) is 0. The Kier molecular flexibility index (Phi) is 3.33. The van der Waals surface area contributed by atoms with Crippen LogP contribution >= 0.6 is 0 Å². The predicted octanol–water partition coefficient (Wildman–Crippen LogP) is 3.10. The summed E-state index contributed by atoms with van der Waals surface area (Å²) in [6, 6.07) is 5.79. The van der Waals surface area contributed by atoms with Gasteiger partial charge in [0.25, 0.3) is 0 Å². The maximum atomic E-state index is 11.5. The Morgan fingerprint density at radius 3 is 2.72 bits per heavy atom. The standard InChI is InChI=1S/C15H22N2O/c1-11(18)13-9-12(5-6-14(13)16)17-8-4-7-15(2,3)10-17/h5-6,9H,4,7-8,10,16H2,1-3H3. The molecule has 1 fully saturated rings. The molecule has 0 aromatic heterocycles. The zero-order chi connectivity index (χ0) is 13.3. The number of nitrogen functional groups attached to an aromatic ring is 1. The van der Waals surface area contributed by atoms with Crippen LogP contribution in [-0.2, 0) is 0 Å². The first kappa shape index (κ1) is 12.9. The van der Waals surface area contributed by atoms with Crippen LogP contribution in [0.4, 0.5) is 11.4 Å². The average molecular weight is 246 g/mol. The van der Waals surface area contributed by atoms with E-state index >= 15 is 0 Å². The van der Waals surface area contributed by atoms with Gasteiger partial charge in [0.15, 0.2) is 5.78 Å². The van der Waals surface area contributed by atoms with Gasteiger partial charge in [0.2, 0.25) is 0 Å². The molecule has 0 unspecified atom stereocenters. The molecular weight excluding hydrogens is 224 g/mol. The van der Waals surface area contributed by atoms with Gasteiger partial charge in [0.1, 0.15) is 0 Å². The molecule has 1 aliphatic rings. The molecule has 2 rings (SSSR count). The molecule has 98 valence electrons. The molecule has 0 spiro atoms. The maximum absolute atomic E-state index is 11.5. The van der Waals surface area contributed by atoms with E-state index in [1.807, 2.05) is 18.2 Å². The molecule has 1 aromatic carbocycles. The summed E-state index contributed by atoms with van der Waals surface area (Å²) in [7, 11) is 0. The molecule has 0 saturated carbocycles. The number of nitrogens with two attached hydrogens (primary N) is 1. The number of ketones is 1. The Balaban J connectivity index is 2.28. The highest BCUT2D eigenvalue weighted by molar-refractivity contribution is 6.00. The van der Waals surface area contributed by atoms with Crippen molar-refractivity contribution < 1.29 is 4.79 Å². The van der Waals surface area contributed by atoms with Gasteiger partial charge >= 0.3 is 0 Å². The van der Waals surface area contributed by atoms with Crippen molar-refractivity contribution in [3.05, 3.63) is 23.8 Å². The summed E-state index contributed by atoms with van der Waals surface area (Å²) < 4.78 is 0. The number of nitrogens with zero attached hydrogens (tertiary/aromatic N) is 1. The summed E-state index contributed by atoms with van der Waals surface area (Å²) in [5.74, 6) is 0.0330. The van der Waals surface area contributed by atoms with E-state index in [-0.39, 0.29) is 5.78 Å². The lowest BCUT2D eigenvalue weighted by molar-refractivity contribution is 0.101. The van der Waals surface area contributed by atoms with Crippen molar-refractivity contribution in [1.29, 1.82) is 0 Å². The smallest absolute Gasteiger partial charge is 0.161 e. The third-order valence-corrected chi connectivity index (χ3v) is 3.68. The van der Waals surface area contributed by atoms with Crippen LogP contribution in [-0.4, -0.2) is 18.9 Å². The minimum absolute atomic E-state index is 0.0330. The molecule has 3 nitrogen and oxygen atoms in total. The topological polar surface area (TPSA) is 46.3 Å². The van der Waals surface area contributed by atoms with Gasteiger partial charge in [0.05, 0.1) is 0 Å². The largest absolute Gasteiger partial charge is 0.398 e. The third kappa shape index (κ3) is 2.66. The highest BCUT2D eigenvalue weighted by Crippen LogP contribution is 2.32. The van der Waals surface area contributed by atoms with E-state index in [4.69, 9.17) is 5.73 Å². The molecule has 1 aromatic rings. The fourth-order valence-corrected chi connectivity index (χ4v) is 2.69. The van der Waals surface area contributed by atoms with E-state index in [2.05, 4.69) is 18.7 Å². The molecule has 3 heteroatoms. The van der Waals surface area contributed by atoms with Gasteiger partial charge in [-0.3, -0.25) is 4.79 Å². The van der Waals surface area contributed by atoms with Crippen LogP contribution in [0.15, 0.2) is 18.2 Å². The number of benzene rings is 1. The van der Waals surface area contributed by atoms with Gasteiger partial charge < -0.3 is 10.6 Å². The van der Waals surface area contributed by atoms with E-state index in [9.17, 15) is 4.79 Å². The quantitative estimate of drug-likeness (QED) is 0.644. The van der Waals surface area contributed by atoms with Crippen LogP contribution in [0.3, 0.4) is 0 Å². The first-order valence-corrected chi connectivity index (χ1v) is 6.54. The van der Waals surface area contributed by atoms with E-state index in [0.29, 0.717) is 16.7 Å². The molecule has 18 heavy (non-hydrogen) atoms. The second-order valence-electron chi connectivity index (χ2n) is 6.02. The molecular formula is C15H22N2O. The highest BCUT2D eigenvalue weighted by atomic mass is 16.1. The van der Waals surface area contributed by atoms with Crippen LogP contribution in [0, 0.1) is 5.41 Å². The fraction of sp³-hybridized carbons (Fsp3) is 0.533. The summed E-state index contributed by atoms with van der Waals surface area (Å²) in [5.41, 5.74) is 8.50. The Bertz CT molecular complexity index is 466. The van der Waals surface area contributed by atoms with Crippen molar-refractivity contribution >= 4 is 17.2 Å². The van der Waals surface area contributed by atoms with Crippen molar-refractivity contribution in [2.75, 3.05) is 23.7 Å². The number of rotatable bonds is 2. The van der Waals surface area contributed by atoms with Gasteiger partial charge in [-0.1, -0.05) is 13.8 Å². The number of hydrogen-bond donors (Lipinski definition) is 1. The zero-order valence-corrected chi connectivity index (χ0v) is 11.5. The highest BCUT2D eigenvalue weighted by Gasteiger charge is 2.26. The first-order valence-electron chi connectivity index (χ1n) is 6.54. The third-order valence-electron chi connectivity index (χ3n) is 3.68. The van der Waals surface area contributed by atoms with Crippen LogP contribution in [0.25, 0.3) is 0 Å². The van der Waals surface area contributed by atoms with E-state index in [0.717, 1.165) is 18.8 Å². The SMILES string of the molecule is CC(=O)c1cc(N2CCCC(C)(C)C2)ccc1N. The molecule has 1 heterocycles. The zero-order valence-electron chi connectivity index (χ0n) is 11.5. The Hall–Kier alpha value is -1.51. The lowest BCUT2D eigenvalue weighted by Gasteiger charge is -2.39. The van der Waals surface area contributed by atoms with E-state index in [1.165, 1.54) is 12.8 Å². The predicted molar refractivity (Wildman–Crippen MR) is 76.1 cm³/mol. The van der Waals surface area contributed by atoms with Gasteiger partial charge in [-0.05, 0) is 43.4 Å². The average Bonchev–Trinajstić information content (AvgIpc) is 2.27. The van der Waals surface area contributed by atoms with Crippen molar-refractivity contribution in [3.8, 4) is 0 Å². The Morgan fingerprint density at radius 2 is 2.11 bits per heavy atom. The van der Waals surface area contributed by atoms with Crippen molar-refractivity contribution in [1.82, 2.24) is 0 Å². The van der Waals surface area contributed by atoms with Crippen LogP contribution < -0.4 is 10.6 Å². The molecule has 1 saturated heterocycles. The monoisotopic (exact) mass is 246 g/mol. The molecule has 0 amide bonds. The first-order chi connectivity index (χ1) is 8.39. The maximum Gasteiger partial charge on any atom is 0.161 e. The van der Waals surface area contributed by atoms with Crippen LogP contribution in [0.5, 0.6) is 0 Å². The number of hydrogen-bond acceptors (Lipinski definition) is 3. The van der Waals surface area contributed by atoms with Crippen LogP contribution in [0.2, 0.25) is 0 Å². The van der Waals surface area contributed by atoms with Gasteiger partial charge in [-0.15, -0.1) is 0 Å². The van der Waals surface area contributed by atoms with Crippen molar-refractivity contribution in [3.63, 3.8) is 0 Å². The molecule has 0 bridgehead atoms. The second kappa shape index (κ2) is 4.63. The molecule has 0 radical (unpaired) electrons. The van der Waals surface area contributed by atoms with Crippen LogP contribution in [0.1, 0.15) is 44.0 Å². The Morgan fingerprint density at radius 1 is 1.39 bits per heavy atom. The van der Waals surface area contributed by atoms with Gasteiger partial charge in [0, 0.05) is 30.0 Å². The minimum Gasteiger partial charge on any atom is -0.398 e. The van der Waals surface area contributed by atoms with Gasteiger partial charge in [-0.2, -0.15) is 0 Å². The summed E-state index contributed by atoms with van der Waals surface area (Å²) in [6.07, 6.45) is 2.46.